The van der Waals surface area contributed by atoms with E-state index >= 15 is 0 Å². The summed E-state index contributed by atoms with van der Waals surface area (Å²) in [6.07, 6.45) is 2.15. The van der Waals surface area contributed by atoms with Gasteiger partial charge in [0.2, 0.25) is 0 Å². The summed E-state index contributed by atoms with van der Waals surface area (Å²) >= 11 is 0. The van der Waals surface area contributed by atoms with E-state index < -0.39 is 26.8 Å². The minimum Gasteiger partial charge on any atom is -0.416 e. The van der Waals surface area contributed by atoms with Crippen LogP contribution in [-0.2, 0) is 23.2 Å². The first-order valence-electron chi connectivity index (χ1n) is 11.3. The van der Waals surface area contributed by atoms with Gasteiger partial charge in [-0.05, 0) is 54.6 Å². The third-order valence-electron chi connectivity index (χ3n) is 6.33. The summed E-state index contributed by atoms with van der Waals surface area (Å²) in [5.74, 6) is 0. The second-order valence-corrected chi connectivity index (χ2v) is 22.5. The molecule has 0 aliphatic heterocycles. The SMILES string of the molecule is CC[C@@H](CO[Si](C)(C)C(C)(C)C)N=[N+]=[N-].CC[C@H](CO[Si](C)(C)C(C)(C)C)OS(C)(=O)=O. The van der Waals surface area contributed by atoms with Crippen LogP contribution < -0.4 is 0 Å². The minimum absolute atomic E-state index is 0.0240. The fourth-order valence-electron chi connectivity index (χ4n) is 1.81. The predicted octanol–water partition coefficient (Wildman–Crippen LogP) is 6.86. The van der Waals surface area contributed by atoms with Crippen LogP contribution in [-0.4, -0.2) is 56.7 Å². The molecule has 0 aromatic heterocycles. The van der Waals surface area contributed by atoms with Crippen molar-refractivity contribution in [2.45, 2.75) is 117 Å². The Morgan fingerprint density at radius 2 is 1.28 bits per heavy atom. The van der Waals surface area contributed by atoms with Gasteiger partial charge in [0.15, 0.2) is 16.6 Å². The highest BCUT2D eigenvalue weighted by Gasteiger charge is 2.38. The molecule has 0 aliphatic carbocycles. The Kier molecular flexibility index (Phi) is 14.2. The molecule has 0 saturated carbocycles. The molecule has 0 aromatic rings. The Hall–Kier alpha value is -0.426. The highest BCUT2D eigenvalue weighted by molar-refractivity contribution is 7.86. The van der Waals surface area contributed by atoms with Crippen LogP contribution >= 0.6 is 0 Å². The summed E-state index contributed by atoms with van der Waals surface area (Å²) in [5, 5.41) is 4.04. The van der Waals surface area contributed by atoms with Gasteiger partial charge in [-0.1, -0.05) is 60.5 Å². The lowest BCUT2D eigenvalue weighted by Crippen LogP contribution is -2.43. The van der Waals surface area contributed by atoms with E-state index in [0.717, 1.165) is 12.7 Å². The quantitative estimate of drug-likeness (QED) is 0.0988. The molecule has 0 aliphatic rings. The van der Waals surface area contributed by atoms with Crippen molar-refractivity contribution in [1.29, 1.82) is 0 Å². The van der Waals surface area contributed by atoms with E-state index in [2.05, 4.69) is 77.8 Å². The molecular weight excluding hydrogens is 462 g/mol. The molecule has 0 rings (SSSR count). The van der Waals surface area contributed by atoms with Gasteiger partial charge in [0.05, 0.1) is 25.0 Å². The number of nitrogens with zero attached hydrogens (tertiary/aromatic N) is 3. The maximum atomic E-state index is 11.1. The topological polar surface area (TPSA) is 111 Å². The Morgan fingerprint density at radius 3 is 1.56 bits per heavy atom. The molecule has 192 valence electrons. The lowest BCUT2D eigenvalue weighted by Gasteiger charge is -2.37. The molecule has 0 amide bonds. The number of hydrogen-bond acceptors (Lipinski definition) is 6. The zero-order chi connectivity index (χ0) is 26.0. The minimum atomic E-state index is -3.40. The van der Waals surface area contributed by atoms with Crippen LogP contribution in [0.2, 0.25) is 36.3 Å². The summed E-state index contributed by atoms with van der Waals surface area (Å²) in [6, 6.07) is -0.0240. The first kappa shape index (κ1) is 33.7. The second-order valence-electron chi connectivity index (χ2n) is 11.2. The average Bonchev–Trinajstić information content (AvgIpc) is 2.59. The van der Waals surface area contributed by atoms with Gasteiger partial charge in [0, 0.05) is 11.5 Å². The highest BCUT2D eigenvalue weighted by Crippen LogP contribution is 2.37. The molecule has 0 fully saturated rings. The zero-order valence-corrected chi connectivity index (χ0v) is 25.6. The lowest BCUT2D eigenvalue weighted by atomic mass is 10.2. The normalized spacial score (nSPS) is 15.3. The fourth-order valence-corrected chi connectivity index (χ4v) is 4.57. The lowest BCUT2D eigenvalue weighted by molar-refractivity contribution is 0.123. The van der Waals surface area contributed by atoms with E-state index in [0.29, 0.717) is 19.6 Å². The van der Waals surface area contributed by atoms with Gasteiger partial charge >= 0.3 is 0 Å². The fraction of sp³-hybridized carbons (Fsp3) is 1.00. The molecule has 11 heteroatoms. The number of rotatable bonds is 11. The number of hydrogen-bond donors (Lipinski definition) is 0. The molecule has 0 heterocycles. The first-order valence-corrected chi connectivity index (χ1v) is 19.0. The Labute approximate surface area is 199 Å². The van der Waals surface area contributed by atoms with Crippen molar-refractivity contribution in [3.8, 4) is 0 Å². The molecule has 0 aromatic carbocycles. The van der Waals surface area contributed by atoms with Crippen molar-refractivity contribution in [2.75, 3.05) is 19.5 Å². The summed E-state index contributed by atoms with van der Waals surface area (Å²) in [5.41, 5.74) is 8.37. The average molecular weight is 512 g/mol. The van der Waals surface area contributed by atoms with Gasteiger partial charge in [0.1, 0.15) is 0 Å². The maximum absolute atomic E-state index is 11.1. The molecule has 0 N–H and O–H groups in total. The van der Waals surface area contributed by atoms with Crippen molar-refractivity contribution in [3.63, 3.8) is 0 Å². The van der Waals surface area contributed by atoms with Gasteiger partial charge < -0.3 is 8.85 Å². The van der Waals surface area contributed by atoms with E-state index in [1.54, 1.807) is 0 Å². The first-order chi connectivity index (χ1) is 14.1. The summed E-state index contributed by atoms with van der Waals surface area (Å²) in [7, 11) is -6.93. The van der Waals surface area contributed by atoms with Gasteiger partial charge in [-0.3, -0.25) is 4.18 Å². The van der Waals surface area contributed by atoms with Gasteiger partial charge in [-0.2, -0.15) is 8.42 Å². The summed E-state index contributed by atoms with van der Waals surface area (Å²) in [6.45, 7) is 26.5. The summed E-state index contributed by atoms with van der Waals surface area (Å²) in [4.78, 5) is 2.83. The molecular formula is C21H49N3O5SSi2. The van der Waals surface area contributed by atoms with Crippen molar-refractivity contribution >= 4 is 26.8 Å². The highest BCUT2D eigenvalue weighted by atomic mass is 32.2. The van der Waals surface area contributed by atoms with Crippen LogP contribution in [0.1, 0.15) is 68.2 Å². The Morgan fingerprint density at radius 1 is 0.875 bits per heavy atom. The predicted molar refractivity (Wildman–Crippen MR) is 140 cm³/mol. The van der Waals surface area contributed by atoms with E-state index in [-0.39, 0.29) is 22.2 Å². The van der Waals surface area contributed by atoms with Crippen molar-refractivity contribution < 1.29 is 21.5 Å². The van der Waals surface area contributed by atoms with Crippen molar-refractivity contribution in [3.05, 3.63) is 10.4 Å². The van der Waals surface area contributed by atoms with Crippen molar-refractivity contribution in [1.82, 2.24) is 0 Å². The largest absolute Gasteiger partial charge is 0.416 e. The third kappa shape index (κ3) is 14.0. The third-order valence-corrected chi connectivity index (χ3v) is 16.0. The Bertz CT molecular complexity index is 695. The van der Waals surface area contributed by atoms with E-state index in [1.165, 1.54) is 0 Å². The molecule has 0 bridgehead atoms. The van der Waals surface area contributed by atoms with E-state index in [9.17, 15) is 8.42 Å². The van der Waals surface area contributed by atoms with Crippen LogP contribution in [0.25, 0.3) is 10.4 Å². The molecule has 2 atom stereocenters. The van der Waals surface area contributed by atoms with Gasteiger partial charge in [-0.25, -0.2) is 0 Å². The van der Waals surface area contributed by atoms with E-state index in [1.807, 2.05) is 13.8 Å². The van der Waals surface area contributed by atoms with Gasteiger partial charge in [-0.15, -0.1) is 0 Å². The molecule has 0 spiro atoms. The van der Waals surface area contributed by atoms with Crippen LogP contribution in [0.4, 0.5) is 0 Å². The maximum Gasteiger partial charge on any atom is 0.264 e. The molecule has 32 heavy (non-hydrogen) atoms. The monoisotopic (exact) mass is 511 g/mol. The zero-order valence-electron chi connectivity index (χ0n) is 22.8. The smallest absolute Gasteiger partial charge is 0.264 e. The number of azide groups is 1. The standard InChI is InChI=1S/C11H26O4SSi.C10H23N3OSi/c1-8-10(15-16(5,12)13)9-14-17(6,7)11(2,3)4;1-7-9(12-13-11)8-14-15(5,6)10(2,3)4/h10H,8-9H2,1-7H3;9H,7-8H2,1-6H3/t10-;9-/m10/s1. The summed E-state index contributed by atoms with van der Waals surface area (Å²) < 4.78 is 39.0. The van der Waals surface area contributed by atoms with Crippen LogP contribution in [0.5, 0.6) is 0 Å². The molecule has 0 radical (unpaired) electrons. The van der Waals surface area contributed by atoms with Crippen LogP contribution in [0, 0.1) is 0 Å². The second kappa shape index (κ2) is 13.5. The van der Waals surface area contributed by atoms with Crippen molar-refractivity contribution in [2.24, 2.45) is 5.11 Å². The van der Waals surface area contributed by atoms with Gasteiger partial charge in [0.25, 0.3) is 10.1 Å². The molecule has 0 unspecified atom stereocenters. The molecule has 0 saturated heterocycles. The van der Waals surface area contributed by atoms with Crippen LogP contribution in [0.3, 0.4) is 0 Å². The molecule has 8 nitrogen and oxygen atoms in total. The Balaban J connectivity index is 0. The van der Waals surface area contributed by atoms with Crippen LogP contribution in [0.15, 0.2) is 5.11 Å². The van der Waals surface area contributed by atoms with E-state index in [4.69, 9.17) is 18.6 Å².